The minimum Gasteiger partial charge on any atom is -0.311 e. The maximum absolute atomic E-state index is 5.82. The molecule has 90 valence electrons. The van der Waals surface area contributed by atoms with Crippen LogP contribution in [0.1, 0.15) is 35.9 Å². The van der Waals surface area contributed by atoms with Crippen LogP contribution in [0.4, 0.5) is 0 Å². The second-order valence-electron chi connectivity index (χ2n) is 4.76. The van der Waals surface area contributed by atoms with Gasteiger partial charge in [0.05, 0.1) is 0 Å². The molecule has 0 saturated heterocycles. The zero-order chi connectivity index (χ0) is 11.4. The molecular weight excluding hydrogens is 238 g/mol. The van der Waals surface area contributed by atoms with E-state index in [4.69, 9.17) is 11.6 Å². The highest BCUT2D eigenvalue weighted by Crippen LogP contribution is 2.48. The van der Waals surface area contributed by atoms with Crippen LogP contribution in [0.15, 0.2) is 12.1 Å². The number of alkyl halides is 1. The highest BCUT2D eigenvalue weighted by molar-refractivity contribution is 7.11. The maximum atomic E-state index is 5.82. The average molecular weight is 258 g/mol. The molecule has 1 aliphatic rings. The van der Waals surface area contributed by atoms with Crippen molar-refractivity contribution in [1.82, 2.24) is 5.32 Å². The van der Waals surface area contributed by atoms with Gasteiger partial charge in [0.25, 0.3) is 0 Å². The molecule has 1 aromatic heterocycles. The number of nitrogens with one attached hydrogen (secondary N) is 1. The molecule has 0 spiro atoms. The van der Waals surface area contributed by atoms with Crippen molar-refractivity contribution >= 4 is 22.9 Å². The molecule has 1 aliphatic carbocycles. The first-order chi connectivity index (χ1) is 7.78. The van der Waals surface area contributed by atoms with Crippen molar-refractivity contribution in [3.8, 4) is 0 Å². The summed E-state index contributed by atoms with van der Waals surface area (Å²) in [6.07, 6.45) is 5.04. The molecule has 0 atom stereocenters. The Morgan fingerprint density at radius 3 is 2.69 bits per heavy atom. The molecule has 16 heavy (non-hydrogen) atoms. The van der Waals surface area contributed by atoms with Gasteiger partial charge in [0, 0.05) is 28.7 Å². The Kier molecular flexibility index (Phi) is 4.28. The Morgan fingerprint density at radius 2 is 2.12 bits per heavy atom. The molecular formula is C13H20ClNS. The predicted molar refractivity (Wildman–Crippen MR) is 72.4 cm³/mol. The van der Waals surface area contributed by atoms with Gasteiger partial charge in [0.1, 0.15) is 0 Å². The van der Waals surface area contributed by atoms with Crippen LogP contribution in [0.25, 0.3) is 0 Å². The Balaban J connectivity index is 1.71. The van der Waals surface area contributed by atoms with Gasteiger partial charge < -0.3 is 5.32 Å². The summed E-state index contributed by atoms with van der Waals surface area (Å²) in [5.74, 6) is 0.806. The van der Waals surface area contributed by atoms with Crippen LogP contribution in [0.3, 0.4) is 0 Å². The third-order valence-electron chi connectivity index (χ3n) is 3.45. The van der Waals surface area contributed by atoms with Gasteiger partial charge in [0.2, 0.25) is 0 Å². The standard InChI is InChI=1S/C13H20ClNS/c1-2-11-3-4-12(16-11)9-15-10-13(5-6-13)7-8-14/h3-4,15H,2,5-10H2,1H3. The van der Waals surface area contributed by atoms with Crippen molar-refractivity contribution < 1.29 is 0 Å². The van der Waals surface area contributed by atoms with Gasteiger partial charge in [-0.3, -0.25) is 0 Å². The van der Waals surface area contributed by atoms with E-state index in [2.05, 4.69) is 24.4 Å². The number of hydrogen-bond acceptors (Lipinski definition) is 2. The summed E-state index contributed by atoms with van der Waals surface area (Å²) in [7, 11) is 0. The first-order valence-corrected chi connectivity index (χ1v) is 7.47. The van der Waals surface area contributed by atoms with Crippen molar-refractivity contribution in [2.75, 3.05) is 12.4 Å². The lowest BCUT2D eigenvalue weighted by Crippen LogP contribution is -2.23. The lowest BCUT2D eigenvalue weighted by molar-refractivity contribution is 0.447. The molecule has 1 heterocycles. The number of hydrogen-bond donors (Lipinski definition) is 1. The predicted octanol–water partition coefficient (Wildman–Crippen LogP) is 3.81. The highest BCUT2D eigenvalue weighted by Gasteiger charge is 2.40. The Hall–Kier alpha value is -0.0500. The van der Waals surface area contributed by atoms with Crippen LogP contribution in [-0.4, -0.2) is 12.4 Å². The summed E-state index contributed by atoms with van der Waals surface area (Å²) in [6, 6.07) is 4.49. The fourth-order valence-corrected chi connectivity index (χ4v) is 3.38. The van der Waals surface area contributed by atoms with Crippen LogP contribution >= 0.6 is 22.9 Å². The van der Waals surface area contributed by atoms with Crippen LogP contribution in [-0.2, 0) is 13.0 Å². The van der Waals surface area contributed by atoms with E-state index in [1.165, 1.54) is 29.0 Å². The molecule has 0 aromatic carbocycles. The summed E-state index contributed by atoms with van der Waals surface area (Å²) in [6.45, 7) is 4.37. The SMILES string of the molecule is CCc1ccc(CNCC2(CCCl)CC2)s1. The van der Waals surface area contributed by atoms with Crippen LogP contribution in [0.2, 0.25) is 0 Å². The molecule has 0 bridgehead atoms. The molecule has 0 radical (unpaired) electrons. The smallest absolute Gasteiger partial charge is 0.0300 e. The van der Waals surface area contributed by atoms with E-state index in [1.54, 1.807) is 0 Å². The number of thiophene rings is 1. The highest BCUT2D eigenvalue weighted by atomic mass is 35.5. The van der Waals surface area contributed by atoms with Gasteiger partial charge >= 0.3 is 0 Å². The third-order valence-corrected chi connectivity index (χ3v) is 4.87. The maximum Gasteiger partial charge on any atom is 0.0300 e. The van der Waals surface area contributed by atoms with Gasteiger partial charge in [-0.05, 0) is 43.2 Å². The Morgan fingerprint density at radius 1 is 1.38 bits per heavy atom. The second-order valence-corrected chi connectivity index (χ2v) is 6.39. The molecule has 1 N–H and O–H groups in total. The molecule has 1 fully saturated rings. The molecule has 1 nitrogen and oxygen atoms in total. The van der Waals surface area contributed by atoms with Crippen molar-refractivity contribution in [1.29, 1.82) is 0 Å². The first kappa shape index (κ1) is 12.4. The fraction of sp³-hybridized carbons (Fsp3) is 0.692. The van der Waals surface area contributed by atoms with Crippen LogP contribution in [0.5, 0.6) is 0 Å². The number of aryl methyl sites for hydroxylation is 1. The largest absolute Gasteiger partial charge is 0.311 e. The van der Waals surface area contributed by atoms with E-state index in [-0.39, 0.29) is 0 Å². The van der Waals surface area contributed by atoms with E-state index in [0.717, 1.165) is 25.4 Å². The Bertz CT molecular complexity index is 330. The topological polar surface area (TPSA) is 12.0 Å². The van der Waals surface area contributed by atoms with Gasteiger partial charge in [-0.15, -0.1) is 22.9 Å². The summed E-state index contributed by atoms with van der Waals surface area (Å²) < 4.78 is 0. The number of rotatable bonds is 7. The van der Waals surface area contributed by atoms with Gasteiger partial charge in [0.15, 0.2) is 0 Å². The average Bonchev–Trinajstić information content (AvgIpc) is 2.89. The van der Waals surface area contributed by atoms with Crippen molar-refractivity contribution in [3.63, 3.8) is 0 Å². The zero-order valence-corrected chi connectivity index (χ0v) is 11.5. The Labute approximate surface area is 107 Å². The molecule has 0 aliphatic heterocycles. The molecule has 0 unspecified atom stereocenters. The lowest BCUT2D eigenvalue weighted by atomic mass is 10.0. The first-order valence-electron chi connectivity index (χ1n) is 6.12. The van der Waals surface area contributed by atoms with Crippen molar-refractivity contribution in [3.05, 3.63) is 21.9 Å². The molecule has 0 amide bonds. The van der Waals surface area contributed by atoms with Crippen LogP contribution < -0.4 is 5.32 Å². The molecule has 2 rings (SSSR count). The third kappa shape index (κ3) is 3.22. The zero-order valence-electron chi connectivity index (χ0n) is 9.89. The summed E-state index contributed by atoms with van der Waals surface area (Å²) >= 11 is 7.75. The quantitative estimate of drug-likeness (QED) is 0.733. The van der Waals surface area contributed by atoms with E-state index in [0.29, 0.717) is 5.41 Å². The van der Waals surface area contributed by atoms with E-state index >= 15 is 0 Å². The van der Waals surface area contributed by atoms with Crippen LogP contribution in [0, 0.1) is 5.41 Å². The van der Waals surface area contributed by atoms with E-state index in [9.17, 15) is 0 Å². The summed E-state index contributed by atoms with van der Waals surface area (Å²) in [5, 5.41) is 3.58. The van der Waals surface area contributed by atoms with Gasteiger partial charge in [-0.1, -0.05) is 6.92 Å². The van der Waals surface area contributed by atoms with Crippen molar-refractivity contribution in [2.45, 2.75) is 39.2 Å². The number of halogens is 1. The summed E-state index contributed by atoms with van der Waals surface area (Å²) in [5.41, 5.74) is 0.548. The van der Waals surface area contributed by atoms with E-state index in [1.807, 2.05) is 11.3 Å². The monoisotopic (exact) mass is 257 g/mol. The second kappa shape index (κ2) is 5.52. The van der Waals surface area contributed by atoms with Crippen molar-refractivity contribution in [2.24, 2.45) is 5.41 Å². The normalized spacial score (nSPS) is 17.6. The minimum absolute atomic E-state index is 0.548. The van der Waals surface area contributed by atoms with Gasteiger partial charge in [-0.25, -0.2) is 0 Å². The summed E-state index contributed by atoms with van der Waals surface area (Å²) in [4.78, 5) is 2.94. The molecule has 1 saturated carbocycles. The van der Waals surface area contributed by atoms with E-state index < -0.39 is 0 Å². The molecule has 1 aromatic rings. The fourth-order valence-electron chi connectivity index (χ4n) is 2.05. The minimum atomic E-state index is 0.548. The molecule has 3 heteroatoms. The lowest BCUT2D eigenvalue weighted by Gasteiger charge is -2.13. The van der Waals surface area contributed by atoms with Gasteiger partial charge in [-0.2, -0.15) is 0 Å².